The van der Waals surface area contributed by atoms with Crippen molar-refractivity contribution in [2.75, 3.05) is 14.2 Å². The largest absolute Gasteiger partial charge is 0.347 e. The third kappa shape index (κ3) is 3.05. The lowest BCUT2D eigenvalue weighted by molar-refractivity contribution is -0.201. The first-order valence-electron chi connectivity index (χ1n) is 5.05. The van der Waals surface area contributed by atoms with Crippen LogP contribution in [0.4, 0.5) is 0 Å². The summed E-state index contributed by atoms with van der Waals surface area (Å²) in [5.41, 5.74) is 1.03. The maximum atomic E-state index is 11.7. The average Bonchev–Trinajstić information content (AvgIpc) is 2.36. The van der Waals surface area contributed by atoms with E-state index < -0.39 is 5.79 Å². The van der Waals surface area contributed by atoms with Crippen molar-refractivity contribution in [2.24, 2.45) is 0 Å². The van der Waals surface area contributed by atoms with E-state index in [2.05, 4.69) is 5.32 Å². The summed E-state index contributed by atoms with van der Waals surface area (Å²) in [6, 6.07) is 9.66. The van der Waals surface area contributed by atoms with Gasteiger partial charge in [0.25, 0.3) is 5.91 Å². The first-order chi connectivity index (χ1) is 7.62. The number of nitrogens with one attached hydrogen (secondary N) is 1. The van der Waals surface area contributed by atoms with Gasteiger partial charge >= 0.3 is 0 Å². The van der Waals surface area contributed by atoms with E-state index in [0.29, 0.717) is 6.54 Å². The third-order valence-electron chi connectivity index (χ3n) is 2.49. The maximum absolute atomic E-state index is 11.7. The predicted molar refractivity (Wildman–Crippen MR) is 60.7 cm³/mol. The van der Waals surface area contributed by atoms with Crippen molar-refractivity contribution in [3.8, 4) is 0 Å². The number of amides is 1. The first-order valence-corrected chi connectivity index (χ1v) is 5.05. The van der Waals surface area contributed by atoms with Crippen molar-refractivity contribution in [2.45, 2.75) is 19.3 Å². The molecule has 1 amide bonds. The molecule has 1 N–H and O–H groups in total. The molecule has 1 aromatic carbocycles. The third-order valence-corrected chi connectivity index (χ3v) is 2.49. The molecule has 0 atom stereocenters. The summed E-state index contributed by atoms with van der Waals surface area (Å²) in [5.74, 6) is -1.52. The fourth-order valence-electron chi connectivity index (χ4n) is 1.21. The van der Waals surface area contributed by atoms with Gasteiger partial charge in [-0.25, -0.2) is 0 Å². The van der Waals surface area contributed by atoms with Crippen LogP contribution in [0, 0.1) is 0 Å². The monoisotopic (exact) mass is 223 g/mol. The van der Waals surface area contributed by atoms with Crippen LogP contribution in [0.1, 0.15) is 12.5 Å². The van der Waals surface area contributed by atoms with Crippen LogP contribution >= 0.6 is 0 Å². The Balaban J connectivity index is 2.53. The van der Waals surface area contributed by atoms with Crippen LogP contribution in [0.2, 0.25) is 0 Å². The maximum Gasteiger partial charge on any atom is 0.280 e. The molecule has 0 heterocycles. The molecule has 0 saturated heterocycles. The minimum absolute atomic E-state index is 0.290. The Kier molecular flexibility index (Phi) is 4.46. The summed E-state index contributed by atoms with van der Waals surface area (Å²) in [6.45, 7) is 2.04. The van der Waals surface area contributed by atoms with E-state index in [-0.39, 0.29) is 5.91 Å². The quantitative estimate of drug-likeness (QED) is 0.766. The molecule has 16 heavy (non-hydrogen) atoms. The Bertz CT molecular complexity index is 333. The number of carbonyl (C=O) groups is 1. The highest BCUT2D eigenvalue weighted by Gasteiger charge is 2.32. The van der Waals surface area contributed by atoms with Crippen LogP contribution in [-0.2, 0) is 20.8 Å². The molecule has 0 radical (unpaired) electrons. The lowest BCUT2D eigenvalue weighted by atomic mass is 10.2. The van der Waals surface area contributed by atoms with Crippen molar-refractivity contribution < 1.29 is 14.3 Å². The second kappa shape index (κ2) is 5.63. The van der Waals surface area contributed by atoms with Crippen LogP contribution in [-0.4, -0.2) is 25.9 Å². The zero-order valence-electron chi connectivity index (χ0n) is 9.82. The predicted octanol–water partition coefficient (Wildman–Crippen LogP) is 1.31. The number of benzene rings is 1. The molecule has 0 aliphatic heterocycles. The van der Waals surface area contributed by atoms with Crippen LogP contribution in [0.5, 0.6) is 0 Å². The molecule has 0 saturated carbocycles. The van der Waals surface area contributed by atoms with Gasteiger partial charge in [-0.05, 0) is 12.5 Å². The fourth-order valence-corrected chi connectivity index (χ4v) is 1.21. The van der Waals surface area contributed by atoms with Gasteiger partial charge in [-0.3, -0.25) is 4.79 Å². The molecule has 0 unspecified atom stereocenters. The van der Waals surface area contributed by atoms with E-state index >= 15 is 0 Å². The molecular formula is C12H17NO3. The molecule has 0 aromatic heterocycles. The number of ether oxygens (including phenoxy) is 2. The SMILES string of the molecule is COC(C)(OC)C(=O)NCc1ccccc1. The molecular weight excluding hydrogens is 206 g/mol. The van der Waals surface area contributed by atoms with Crippen LogP contribution < -0.4 is 5.32 Å². The van der Waals surface area contributed by atoms with Crippen molar-refractivity contribution in [1.82, 2.24) is 5.32 Å². The molecule has 0 aliphatic carbocycles. The zero-order chi connectivity index (χ0) is 12.0. The van der Waals surface area contributed by atoms with E-state index in [1.165, 1.54) is 14.2 Å². The van der Waals surface area contributed by atoms with Gasteiger partial charge in [-0.1, -0.05) is 30.3 Å². The van der Waals surface area contributed by atoms with E-state index in [1.54, 1.807) is 6.92 Å². The van der Waals surface area contributed by atoms with Crippen LogP contribution in [0.25, 0.3) is 0 Å². The second-order valence-electron chi connectivity index (χ2n) is 3.52. The summed E-state index contributed by atoms with van der Waals surface area (Å²) >= 11 is 0. The van der Waals surface area contributed by atoms with Crippen molar-refractivity contribution in [1.29, 1.82) is 0 Å². The van der Waals surface area contributed by atoms with Crippen molar-refractivity contribution in [3.05, 3.63) is 35.9 Å². The molecule has 0 bridgehead atoms. The summed E-state index contributed by atoms with van der Waals surface area (Å²) < 4.78 is 10.0. The highest BCUT2D eigenvalue weighted by atomic mass is 16.7. The fraction of sp³-hybridized carbons (Fsp3) is 0.417. The lowest BCUT2D eigenvalue weighted by Crippen LogP contribution is -2.47. The first kappa shape index (κ1) is 12.7. The van der Waals surface area contributed by atoms with E-state index in [9.17, 15) is 4.79 Å². The summed E-state index contributed by atoms with van der Waals surface area (Å²) in [4.78, 5) is 11.7. The highest BCUT2D eigenvalue weighted by molar-refractivity contribution is 5.83. The van der Waals surface area contributed by atoms with E-state index in [0.717, 1.165) is 5.56 Å². The lowest BCUT2D eigenvalue weighted by Gasteiger charge is -2.24. The number of carbonyl (C=O) groups excluding carboxylic acids is 1. The molecule has 0 aliphatic rings. The average molecular weight is 223 g/mol. The van der Waals surface area contributed by atoms with Gasteiger partial charge in [0.2, 0.25) is 5.79 Å². The van der Waals surface area contributed by atoms with Gasteiger partial charge in [0.15, 0.2) is 0 Å². The molecule has 88 valence electrons. The second-order valence-corrected chi connectivity index (χ2v) is 3.52. The molecule has 4 heteroatoms. The van der Waals surface area contributed by atoms with Gasteiger partial charge in [0, 0.05) is 20.8 Å². The highest BCUT2D eigenvalue weighted by Crippen LogP contribution is 2.10. The van der Waals surface area contributed by atoms with Gasteiger partial charge < -0.3 is 14.8 Å². The number of hydrogen-bond acceptors (Lipinski definition) is 3. The summed E-state index contributed by atoms with van der Waals surface area (Å²) in [7, 11) is 2.87. The Labute approximate surface area is 95.6 Å². The Morgan fingerprint density at radius 3 is 2.31 bits per heavy atom. The van der Waals surface area contributed by atoms with Crippen LogP contribution in [0.15, 0.2) is 30.3 Å². The van der Waals surface area contributed by atoms with Gasteiger partial charge in [0.05, 0.1) is 0 Å². The van der Waals surface area contributed by atoms with E-state index in [1.807, 2.05) is 30.3 Å². The Hall–Kier alpha value is -1.39. The van der Waals surface area contributed by atoms with E-state index in [4.69, 9.17) is 9.47 Å². The summed E-state index contributed by atoms with van der Waals surface area (Å²) in [6.07, 6.45) is 0. The Morgan fingerprint density at radius 1 is 1.25 bits per heavy atom. The molecule has 4 nitrogen and oxygen atoms in total. The normalized spacial score (nSPS) is 11.2. The Morgan fingerprint density at radius 2 is 1.81 bits per heavy atom. The number of hydrogen-bond donors (Lipinski definition) is 1. The number of methoxy groups -OCH3 is 2. The molecule has 0 spiro atoms. The topological polar surface area (TPSA) is 47.6 Å². The number of rotatable bonds is 5. The molecule has 1 rings (SSSR count). The van der Waals surface area contributed by atoms with Gasteiger partial charge in [-0.15, -0.1) is 0 Å². The summed E-state index contributed by atoms with van der Waals surface area (Å²) in [5, 5.41) is 2.75. The van der Waals surface area contributed by atoms with Crippen molar-refractivity contribution in [3.63, 3.8) is 0 Å². The smallest absolute Gasteiger partial charge is 0.280 e. The van der Waals surface area contributed by atoms with Gasteiger partial charge in [0.1, 0.15) is 0 Å². The molecule has 0 fully saturated rings. The standard InChI is InChI=1S/C12H17NO3/c1-12(15-2,16-3)11(14)13-9-10-7-5-4-6-8-10/h4-8H,9H2,1-3H3,(H,13,14). The van der Waals surface area contributed by atoms with Gasteiger partial charge in [-0.2, -0.15) is 0 Å². The van der Waals surface area contributed by atoms with Crippen molar-refractivity contribution >= 4 is 5.91 Å². The molecule has 1 aromatic rings. The van der Waals surface area contributed by atoms with Crippen LogP contribution in [0.3, 0.4) is 0 Å². The minimum Gasteiger partial charge on any atom is -0.347 e. The zero-order valence-corrected chi connectivity index (χ0v) is 9.82. The minimum atomic E-state index is -1.23.